The van der Waals surface area contributed by atoms with Crippen molar-refractivity contribution in [2.75, 3.05) is 0 Å². The predicted molar refractivity (Wildman–Crippen MR) is 82.2 cm³/mol. The van der Waals surface area contributed by atoms with E-state index in [1.807, 2.05) is 25.1 Å². The second-order valence-corrected chi connectivity index (χ2v) is 5.37. The van der Waals surface area contributed by atoms with Gasteiger partial charge in [0.05, 0.1) is 6.20 Å². The van der Waals surface area contributed by atoms with E-state index in [2.05, 4.69) is 43.2 Å². The molecule has 0 aliphatic carbocycles. The fraction of sp³-hybridized carbons (Fsp3) is 0.353. The largest absolute Gasteiger partial charge is 0.455 e. The Morgan fingerprint density at radius 3 is 2.55 bits per heavy atom. The van der Waals surface area contributed by atoms with Crippen LogP contribution in [0.3, 0.4) is 0 Å². The molecule has 0 bridgehead atoms. The van der Waals surface area contributed by atoms with E-state index in [0.29, 0.717) is 6.04 Å². The Morgan fingerprint density at radius 1 is 1.15 bits per heavy atom. The van der Waals surface area contributed by atoms with E-state index in [0.717, 1.165) is 29.3 Å². The zero-order valence-electron chi connectivity index (χ0n) is 12.6. The first kappa shape index (κ1) is 14.5. The lowest BCUT2D eigenvalue weighted by Crippen LogP contribution is -2.21. The van der Waals surface area contributed by atoms with Crippen LogP contribution in [0.25, 0.3) is 0 Å². The monoisotopic (exact) mass is 270 g/mol. The highest BCUT2D eigenvalue weighted by Gasteiger charge is 2.04. The number of aryl methyl sites for hydroxylation is 2. The van der Waals surface area contributed by atoms with Crippen LogP contribution in [0, 0.1) is 13.8 Å². The maximum atomic E-state index is 5.86. The number of benzene rings is 1. The molecule has 0 saturated heterocycles. The summed E-state index contributed by atoms with van der Waals surface area (Å²) in [5, 5.41) is 3.41. The lowest BCUT2D eigenvalue weighted by molar-refractivity contribution is 0.475. The third-order valence-electron chi connectivity index (χ3n) is 3.07. The zero-order chi connectivity index (χ0) is 14.5. The van der Waals surface area contributed by atoms with E-state index in [1.54, 1.807) is 6.20 Å². The first-order valence-corrected chi connectivity index (χ1v) is 6.98. The topological polar surface area (TPSA) is 34.1 Å². The second-order valence-electron chi connectivity index (χ2n) is 5.37. The summed E-state index contributed by atoms with van der Waals surface area (Å²) in [7, 11) is 0. The Kier molecular flexibility index (Phi) is 4.74. The van der Waals surface area contributed by atoms with Crippen LogP contribution >= 0.6 is 0 Å². The van der Waals surface area contributed by atoms with Gasteiger partial charge >= 0.3 is 0 Å². The van der Waals surface area contributed by atoms with E-state index in [9.17, 15) is 0 Å². The molecule has 0 unspecified atom stereocenters. The van der Waals surface area contributed by atoms with Crippen molar-refractivity contribution in [3.05, 3.63) is 53.3 Å². The van der Waals surface area contributed by atoms with Gasteiger partial charge in [-0.1, -0.05) is 26.0 Å². The van der Waals surface area contributed by atoms with Crippen molar-refractivity contribution in [2.45, 2.75) is 40.3 Å². The lowest BCUT2D eigenvalue weighted by Gasteiger charge is -2.12. The number of nitrogens with zero attached hydrogens (tertiary/aromatic N) is 1. The Morgan fingerprint density at radius 2 is 1.95 bits per heavy atom. The minimum Gasteiger partial charge on any atom is -0.455 e. The number of pyridine rings is 1. The summed E-state index contributed by atoms with van der Waals surface area (Å²) in [5.74, 6) is 1.65. The third-order valence-corrected chi connectivity index (χ3v) is 3.07. The van der Waals surface area contributed by atoms with Crippen LogP contribution in [0.1, 0.15) is 30.7 Å². The van der Waals surface area contributed by atoms with Gasteiger partial charge in [0.1, 0.15) is 11.5 Å². The Hall–Kier alpha value is -1.87. The summed E-state index contributed by atoms with van der Waals surface area (Å²) in [4.78, 5) is 4.24. The maximum absolute atomic E-state index is 5.86. The average Bonchev–Trinajstić information content (AvgIpc) is 2.41. The van der Waals surface area contributed by atoms with Gasteiger partial charge in [-0.05, 0) is 43.2 Å². The summed E-state index contributed by atoms with van der Waals surface area (Å²) in [6, 6.07) is 10.7. The number of ether oxygens (including phenoxy) is 1. The number of hydrogen-bond acceptors (Lipinski definition) is 3. The van der Waals surface area contributed by atoms with Crippen molar-refractivity contribution in [1.82, 2.24) is 10.3 Å². The van der Waals surface area contributed by atoms with Crippen LogP contribution in [-0.2, 0) is 6.54 Å². The van der Waals surface area contributed by atoms with Crippen molar-refractivity contribution >= 4 is 0 Å². The SMILES string of the molecule is Cc1ccc(Oc2ccc(CNC(C)C)cc2C)cn1. The first-order valence-electron chi connectivity index (χ1n) is 6.98. The summed E-state index contributed by atoms with van der Waals surface area (Å²) < 4.78 is 5.86. The number of aromatic nitrogens is 1. The molecule has 1 aromatic heterocycles. The van der Waals surface area contributed by atoms with Crippen molar-refractivity contribution in [2.24, 2.45) is 0 Å². The molecule has 20 heavy (non-hydrogen) atoms. The molecule has 0 fully saturated rings. The second kappa shape index (κ2) is 6.53. The summed E-state index contributed by atoms with van der Waals surface area (Å²) in [6.07, 6.45) is 1.75. The molecule has 0 aliphatic rings. The molecule has 2 rings (SSSR count). The van der Waals surface area contributed by atoms with Crippen LogP contribution in [0.5, 0.6) is 11.5 Å². The van der Waals surface area contributed by atoms with E-state index >= 15 is 0 Å². The third kappa shape index (κ3) is 4.07. The normalized spacial score (nSPS) is 10.8. The molecule has 106 valence electrons. The quantitative estimate of drug-likeness (QED) is 0.892. The number of nitrogens with one attached hydrogen (secondary N) is 1. The molecule has 0 radical (unpaired) electrons. The highest BCUT2D eigenvalue weighted by molar-refractivity contribution is 5.39. The Balaban J connectivity index is 2.07. The molecular formula is C17H22N2O. The van der Waals surface area contributed by atoms with Crippen LogP contribution in [0.2, 0.25) is 0 Å². The molecule has 1 heterocycles. The van der Waals surface area contributed by atoms with Crippen LogP contribution in [0.4, 0.5) is 0 Å². The standard InChI is InChI=1S/C17H22N2O/c1-12(2)18-10-15-6-8-17(13(3)9-15)20-16-7-5-14(4)19-11-16/h5-9,11-12,18H,10H2,1-4H3. The number of rotatable bonds is 5. The molecule has 0 spiro atoms. The highest BCUT2D eigenvalue weighted by Crippen LogP contribution is 2.25. The van der Waals surface area contributed by atoms with Gasteiger partial charge in [-0.15, -0.1) is 0 Å². The van der Waals surface area contributed by atoms with Gasteiger partial charge in [-0.25, -0.2) is 0 Å². The molecule has 3 heteroatoms. The molecule has 3 nitrogen and oxygen atoms in total. The molecule has 0 saturated carbocycles. The highest BCUT2D eigenvalue weighted by atomic mass is 16.5. The molecule has 0 atom stereocenters. The summed E-state index contributed by atoms with van der Waals surface area (Å²) in [6.45, 7) is 9.20. The van der Waals surface area contributed by atoms with Crippen LogP contribution < -0.4 is 10.1 Å². The van der Waals surface area contributed by atoms with Crippen LogP contribution in [-0.4, -0.2) is 11.0 Å². The van der Waals surface area contributed by atoms with E-state index < -0.39 is 0 Å². The molecule has 1 N–H and O–H groups in total. The minimum absolute atomic E-state index is 0.491. The predicted octanol–water partition coefficient (Wildman–Crippen LogP) is 3.99. The van der Waals surface area contributed by atoms with Gasteiger partial charge in [0, 0.05) is 18.3 Å². The first-order chi connectivity index (χ1) is 9.54. The van der Waals surface area contributed by atoms with E-state index in [4.69, 9.17) is 4.74 Å². The molecule has 2 aromatic rings. The molecule has 1 aromatic carbocycles. The molecule has 0 amide bonds. The fourth-order valence-electron chi connectivity index (χ4n) is 1.90. The maximum Gasteiger partial charge on any atom is 0.145 e. The van der Waals surface area contributed by atoms with Crippen LogP contribution in [0.15, 0.2) is 36.5 Å². The van der Waals surface area contributed by atoms with Gasteiger partial charge in [0.2, 0.25) is 0 Å². The fourth-order valence-corrected chi connectivity index (χ4v) is 1.90. The summed E-state index contributed by atoms with van der Waals surface area (Å²) in [5.41, 5.74) is 3.39. The van der Waals surface area contributed by atoms with E-state index in [1.165, 1.54) is 5.56 Å². The van der Waals surface area contributed by atoms with Gasteiger partial charge < -0.3 is 10.1 Å². The zero-order valence-corrected chi connectivity index (χ0v) is 12.6. The van der Waals surface area contributed by atoms with Crippen molar-refractivity contribution in [1.29, 1.82) is 0 Å². The Labute approximate surface area is 121 Å². The summed E-state index contributed by atoms with van der Waals surface area (Å²) >= 11 is 0. The van der Waals surface area contributed by atoms with Crippen molar-refractivity contribution in [3.63, 3.8) is 0 Å². The average molecular weight is 270 g/mol. The minimum atomic E-state index is 0.491. The van der Waals surface area contributed by atoms with Gasteiger partial charge in [0.15, 0.2) is 0 Å². The van der Waals surface area contributed by atoms with Crippen molar-refractivity contribution < 1.29 is 4.74 Å². The molecular weight excluding hydrogens is 248 g/mol. The van der Waals surface area contributed by atoms with Gasteiger partial charge in [-0.3, -0.25) is 4.98 Å². The molecule has 0 aliphatic heterocycles. The van der Waals surface area contributed by atoms with E-state index in [-0.39, 0.29) is 0 Å². The van der Waals surface area contributed by atoms with Gasteiger partial charge in [-0.2, -0.15) is 0 Å². The lowest BCUT2D eigenvalue weighted by atomic mass is 10.1. The smallest absolute Gasteiger partial charge is 0.145 e. The number of hydrogen-bond donors (Lipinski definition) is 1. The van der Waals surface area contributed by atoms with Crippen molar-refractivity contribution in [3.8, 4) is 11.5 Å². The Bertz CT molecular complexity index is 562. The van der Waals surface area contributed by atoms with Gasteiger partial charge in [0.25, 0.3) is 0 Å².